The summed E-state index contributed by atoms with van der Waals surface area (Å²) in [4.78, 5) is 0. The summed E-state index contributed by atoms with van der Waals surface area (Å²) in [5.41, 5.74) is 4.55. The van der Waals surface area contributed by atoms with E-state index >= 15 is 0 Å². The van der Waals surface area contributed by atoms with Crippen LogP contribution >= 0.6 is 23.8 Å². The van der Waals surface area contributed by atoms with Crippen molar-refractivity contribution in [1.82, 2.24) is 14.9 Å². The predicted octanol–water partition coefficient (Wildman–Crippen LogP) is 4.24. The Morgan fingerprint density at radius 2 is 2.04 bits per heavy atom. The molecule has 2 aromatic carbocycles. The van der Waals surface area contributed by atoms with E-state index < -0.39 is 0 Å². The molecule has 3 rings (SSSR count). The molecule has 0 amide bonds. The van der Waals surface area contributed by atoms with E-state index in [1.165, 1.54) is 0 Å². The Labute approximate surface area is 155 Å². The van der Waals surface area contributed by atoms with Gasteiger partial charge in [-0.2, -0.15) is 14.9 Å². The van der Waals surface area contributed by atoms with Crippen LogP contribution in [-0.4, -0.2) is 27.7 Å². The number of halogens is 1. The minimum atomic E-state index is 0.403. The van der Waals surface area contributed by atoms with Crippen molar-refractivity contribution in [3.05, 3.63) is 63.9 Å². The van der Waals surface area contributed by atoms with Gasteiger partial charge in [0.1, 0.15) is 5.75 Å². The van der Waals surface area contributed by atoms with Gasteiger partial charge in [-0.3, -0.25) is 0 Å². The molecular formula is C17H16ClN5OS. The second-order valence-electron chi connectivity index (χ2n) is 5.02. The summed E-state index contributed by atoms with van der Waals surface area (Å²) in [5.74, 6) is 1.42. The van der Waals surface area contributed by atoms with Crippen molar-refractivity contribution in [3.8, 4) is 17.1 Å². The van der Waals surface area contributed by atoms with Gasteiger partial charge in [0, 0.05) is 16.1 Å². The fraction of sp³-hybridized carbons (Fsp3) is 0.118. The van der Waals surface area contributed by atoms with Crippen LogP contribution in [-0.2, 0) is 0 Å². The third kappa shape index (κ3) is 4.07. The summed E-state index contributed by atoms with van der Waals surface area (Å²) in [6.45, 7) is 2.57. The fourth-order valence-electron chi connectivity index (χ4n) is 2.19. The third-order valence-corrected chi connectivity index (χ3v) is 3.98. The molecule has 0 radical (unpaired) electrons. The number of aromatic nitrogens is 3. The van der Waals surface area contributed by atoms with Crippen molar-refractivity contribution >= 4 is 30.0 Å². The number of hydrazone groups is 1. The van der Waals surface area contributed by atoms with Gasteiger partial charge in [-0.15, -0.1) is 0 Å². The van der Waals surface area contributed by atoms with Crippen LogP contribution in [0.15, 0.2) is 53.6 Å². The highest BCUT2D eigenvalue weighted by atomic mass is 35.5. The summed E-state index contributed by atoms with van der Waals surface area (Å²) in [6, 6.07) is 15.0. The average Bonchev–Trinajstić information content (AvgIpc) is 2.98. The molecule has 0 spiro atoms. The molecule has 0 fully saturated rings. The van der Waals surface area contributed by atoms with E-state index in [4.69, 9.17) is 28.6 Å². The van der Waals surface area contributed by atoms with Crippen LogP contribution in [0.25, 0.3) is 11.4 Å². The molecule has 1 aromatic heterocycles. The van der Waals surface area contributed by atoms with Gasteiger partial charge in [0.2, 0.25) is 4.77 Å². The molecule has 0 saturated heterocycles. The van der Waals surface area contributed by atoms with E-state index in [1.807, 2.05) is 49.4 Å². The molecule has 0 aliphatic rings. The van der Waals surface area contributed by atoms with Gasteiger partial charge in [0.25, 0.3) is 0 Å². The summed E-state index contributed by atoms with van der Waals surface area (Å²) in [5, 5.41) is 11.8. The second-order valence-corrected chi connectivity index (χ2v) is 5.82. The van der Waals surface area contributed by atoms with E-state index in [-0.39, 0.29) is 0 Å². The zero-order valence-electron chi connectivity index (χ0n) is 13.4. The molecule has 0 saturated carbocycles. The molecule has 0 unspecified atom stereocenters. The number of hydrogen-bond donors (Lipinski definition) is 2. The summed E-state index contributed by atoms with van der Waals surface area (Å²) >= 11 is 11.4. The maximum atomic E-state index is 6.11. The molecule has 2 N–H and O–H groups in total. The Kier molecular flexibility index (Phi) is 5.47. The van der Waals surface area contributed by atoms with Gasteiger partial charge in [0.05, 0.1) is 12.8 Å². The number of aromatic amines is 1. The molecule has 0 aliphatic heterocycles. The SMILES string of the molecule is CCOc1ccc(-c2n[nH]c(=S)n2N/N=C\c2ccccc2Cl)cc1. The Hall–Kier alpha value is -2.64. The number of nitrogens with zero attached hydrogens (tertiary/aromatic N) is 3. The van der Waals surface area contributed by atoms with Crippen LogP contribution in [0.4, 0.5) is 0 Å². The monoisotopic (exact) mass is 373 g/mol. The average molecular weight is 374 g/mol. The van der Waals surface area contributed by atoms with Crippen molar-refractivity contribution in [2.75, 3.05) is 12.1 Å². The quantitative estimate of drug-likeness (QED) is 0.385. The van der Waals surface area contributed by atoms with Gasteiger partial charge >= 0.3 is 0 Å². The first-order valence-corrected chi connectivity index (χ1v) is 8.42. The van der Waals surface area contributed by atoms with Gasteiger partial charge in [-0.25, -0.2) is 10.6 Å². The highest BCUT2D eigenvalue weighted by molar-refractivity contribution is 7.71. The van der Waals surface area contributed by atoms with Gasteiger partial charge < -0.3 is 4.74 Å². The van der Waals surface area contributed by atoms with Gasteiger partial charge in [-0.05, 0) is 49.5 Å². The number of rotatable bonds is 6. The lowest BCUT2D eigenvalue weighted by atomic mass is 10.2. The maximum Gasteiger partial charge on any atom is 0.216 e. The van der Waals surface area contributed by atoms with Crippen molar-refractivity contribution in [1.29, 1.82) is 0 Å². The molecule has 0 atom stereocenters. The van der Waals surface area contributed by atoms with E-state index in [1.54, 1.807) is 17.0 Å². The zero-order valence-corrected chi connectivity index (χ0v) is 15.0. The van der Waals surface area contributed by atoms with E-state index in [0.717, 1.165) is 16.9 Å². The molecule has 0 aliphatic carbocycles. The van der Waals surface area contributed by atoms with Crippen molar-refractivity contribution in [2.45, 2.75) is 6.92 Å². The first kappa shape index (κ1) is 17.2. The van der Waals surface area contributed by atoms with Crippen molar-refractivity contribution in [2.24, 2.45) is 5.10 Å². The van der Waals surface area contributed by atoms with Crippen LogP contribution in [0.1, 0.15) is 12.5 Å². The molecule has 128 valence electrons. The Bertz CT molecular complexity index is 933. The molecule has 25 heavy (non-hydrogen) atoms. The Balaban J connectivity index is 1.82. The fourth-order valence-corrected chi connectivity index (χ4v) is 2.54. The van der Waals surface area contributed by atoms with Crippen LogP contribution in [0.2, 0.25) is 5.02 Å². The molecule has 6 nitrogen and oxygen atoms in total. The Morgan fingerprint density at radius 1 is 1.28 bits per heavy atom. The maximum absolute atomic E-state index is 6.11. The van der Waals surface area contributed by atoms with Crippen LogP contribution in [0.5, 0.6) is 5.75 Å². The summed E-state index contributed by atoms with van der Waals surface area (Å²) in [7, 11) is 0. The van der Waals surface area contributed by atoms with Gasteiger partial charge in [0.15, 0.2) is 5.82 Å². The lowest BCUT2D eigenvalue weighted by Gasteiger charge is -2.07. The van der Waals surface area contributed by atoms with E-state index in [9.17, 15) is 0 Å². The number of nitrogens with one attached hydrogen (secondary N) is 2. The van der Waals surface area contributed by atoms with Gasteiger partial charge in [-0.1, -0.05) is 29.8 Å². The molecule has 0 bridgehead atoms. The van der Waals surface area contributed by atoms with Crippen molar-refractivity contribution < 1.29 is 4.74 Å². The van der Waals surface area contributed by atoms with Crippen LogP contribution in [0.3, 0.4) is 0 Å². The smallest absolute Gasteiger partial charge is 0.216 e. The predicted molar refractivity (Wildman–Crippen MR) is 102 cm³/mol. The molecule has 8 heteroatoms. The largest absolute Gasteiger partial charge is 0.494 e. The van der Waals surface area contributed by atoms with Crippen LogP contribution in [0, 0.1) is 4.77 Å². The lowest BCUT2D eigenvalue weighted by Crippen LogP contribution is -2.10. The highest BCUT2D eigenvalue weighted by Crippen LogP contribution is 2.20. The zero-order chi connectivity index (χ0) is 17.6. The summed E-state index contributed by atoms with van der Waals surface area (Å²) in [6.07, 6.45) is 1.62. The molecular weight excluding hydrogens is 358 g/mol. The van der Waals surface area contributed by atoms with Crippen molar-refractivity contribution in [3.63, 3.8) is 0 Å². The van der Waals surface area contributed by atoms with E-state index in [0.29, 0.717) is 22.2 Å². The third-order valence-electron chi connectivity index (χ3n) is 3.36. The first-order chi connectivity index (χ1) is 12.2. The minimum Gasteiger partial charge on any atom is -0.494 e. The lowest BCUT2D eigenvalue weighted by molar-refractivity contribution is 0.340. The normalized spacial score (nSPS) is 11.0. The van der Waals surface area contributed by atoms with Crippen LogP contribution < -0.4 is 10.3 Å². The molecule has 1 heterocycles. The number of H-pyrrole nitrogens is 1. The number of benzene rings is 2. The minimum absolute atomic E-state index is 0.403. The molecule has 3 aromatic rings. The summed E-state index contributed by atoms with van der Waals surface area (Å²) < 4.78 is 7.43. The number of hydrogen-bond acceptors (Lipinski definition) is 5. The highest BCUT2D eigenvalue weighted by Gasteiger charge is 2.08. The Morgan fingerprint density at radius 3 is 2.76 bits per heavy atom. The number of ether oxygens (including phenoxy) is 1. The van der Waals surface area contributed by atoms with E-state index in [2.05, 4.69) is 20.8 Å². The topological polar surface area (TPSA) is 67.2 Å². The second kappa shape index (κ2) is 7.96. The standard InChI is InChI=1S/C17H16ClN5OS/c1-2-24-14-9-7-12(8-10-14)16-20-21-17(25)23(16)22-19-11-13-5-3-4-6-15(13)18/h3-11,22H,2H2,1H3,(H,21,25)/b19-11-. The first-order valence-electron chi connectivity index (χ1n) is 7.63.